The summed E-state index contributed by atoms with van der Waals surface area (Å²) in [6.45, 7) is 2.16. The first-order valence-electron chi connectivity index (χ1n) is 3.22. The maximum atomic E-state index is 5.65. The quantitative estimate of drug-likeness (QED) is 0.501. The van der Waals surface area contributed by atoms with Crippen molar-refractivity contribution < 1.29 is 0 Å². The monoisotopic (exact) mass is 143 g/mol. The number of halogens is 1. The van der Waals surface area contributed by atoms with E-state index in [2.05, 4.69) is 11.9 Å². The van der Waals surface area contributed by atoms with Crippen molar-refractivity contribution in [2.24, 2.45) is 10.9 Å². The third kappa shape index (κ3) is 1.83. The van der Waals surface area contributed by atoms with Gasteiger partial charge in [0, 0.05) is 6.21 Å². The smallest absolute Gasteiger partial charge is 0.124 e. The Morgan fingerprint density at radius 2 is 2.67 bits per heavy atom. The van der Waals surface area contributed by atoms with Gasteiger partial charge in [-0.3, -0.25) is 0 Å². The number of aliphatic imine (C=N–C) groups is 1. The molecule has 0 aliphatic carbocycles. The first-order valence-corrected chi connectivity index (χ1v) is 3.60. The molecule has 0 spiro atoms. The van der Waals surface area contributed by atoms with E-state index in [-0.39, 0.29) is 0 Å². The van der Waals surface area contributed by atoms with Crippen LogP contribution in [0, 0.1) is 5.92 Å². The second-order valence-electron chi connectivity index (χ2n) is 2.21. The molecular formula is C7H10ClN. The normalized spacial score (nSPS) is 26.0. The van der Waals surface area contributed by atoms with Crippen LogP contribution < -0.4 is 0 Å². The van der Waals surface area contributed by atoms with Crippen LogP contribution in [0.1, 0.15) is 19.8 Å². The fourth-order valence-electron chi connectivity index (χ4n) is 0.865. The Hall–Kier alpha value is -0.300. The predicted octanol–water partition coefficient (Wildman–Crippen LogP) is 2.57. The molecule has 0 radical (unpaired) electrons. The summed E-state index contributed by atoms with van der Waals surface area (Å²) in [6, 6.07) is 0. The molecule has 0 aromatic heterocycles. The van der Waals surface area contributed by atoms with Gasteiger partial charge in [0.05, 0.1) is 0 Å². The summed E-state index contributed by atoms with van der Waals surface area (Å²) < 4.78 is 0. The number of allylic oxidation sites excluding steroid dienone is 1. The fourth-order valence-corrected chi connectivity index (χ4v) is 1.11. The number of hydrogen-bond acceptors (Lipinski definition) is 1. The van der Waals surface area contributed by atoms with Crippen LogP contribution in [-0.2, 0) is 0 Å². The lowest BCUT2D eigenvalue weighted by Crippen LogP contribution is -1.99. The molecule has 0 aromatic rings. The van der Waals surface area contributed by atoms with Crippen molar-refractivity contribution in [2.45, 2.75) is 19.8 Å². The molecule has 50 valence electrons. The van der Waals surface area contributed by atoms with Crippen LogP contribution in [0.25, 0.3) is 0 Å². The molecule has 0 saturated carbocycles. The SMILES string of the molecule is CCC1C=C(Cl)N=CC1. The van der Waals surface area contributed by atoms with Gasteiger partial charge >= 0.3 is 0 Å². The number of hydrogen-bond donors (Lipinski definition) is 0. The molecule has 1 unspecified atom stereocenters. The highest BCUT2D eigenvalue weighted by atomic mass is 35.5. The predicted molar refractivity (Wildman–Crippen MR) is 40.8 cm³/mol. The van der Waals surface area contributed by atoms with E-state index < -0.39 is 0 Å². The molecule has 0 bridgehead atoms. The molecule has 1 aliphatic heterocycles. The maximum absolute atomic E-state index is 5.65. The van der Waals surface area contributed by atoms with Crippen molar-refractivity contribution in [1.29, 1.82) is 0 Å². The highest BCUT2D eigenvalue weighted by Crippen LogP contribution is 2.18. The van der Waals surface area contributed by atoms with Gasteiger partial charge < -0.3 is 0 Å². The van der Waals surface area contributed by atoms with Gasteiger partial charge in [-0.05, 0) is 24.8 Å². The lowest BCUT2D eigenvalue weighted by atomic mass is 10.0. The Labute approximate surface area is 60.4 Å². The molecule has 1 rings (SSSR count). The Kier molecular flexibility index (Phi) is 2.29. The molecule has 0 N–H and O–H groups in total. The first kappa shape index (κ1) is 6.81. The third-order valence-electron chi connectivity index (χ3n) is 1.52. The maximum Gasteiger partial charge on any atom is 0.124 e. The van der Waals surface area contributed by atoms with Gasteiger partial charge in [-0.2, -0.15) is 0 Å². The highest BCUT2D eigenvalue weighted by Gasteiger charge is 2.05. The number of nitrogens with zero attached hydrogens (tertiary/aromatic N) is 1. The molecule has 9 heavy (non-hydrogen) atoms. The summed E-state index contributed by atoms with van der Waals surface area (Å²) >= 11 is 5.65. The second-order valence-corrected chi connectivity index (χ2v) is 2.59. The zero-order valence-corrected chi connectivity index (χ0v) is 6.23. The highest BCUT2D eigenvalue weighted by molar-refractivity contribution is 6.29. The van der Waals surface area contributed by atoms with Crippen LogP contribution in [0.5, 0.6) is 0 Å². The second kappa shape index (κ2) is 3.02. The summed E-state index contributed by atoms with van der Waals surface area (Å²) in [5.41, 5.74) is 0. The molecule has 0 saturated heterocycles. The van der Waals surface area contributed by atoms with Gasteiger partial charge in [-0.15, -0.1) is 0 Å². The first-order chi connectivity index (χ1) is 4.33. The van der Waals surface area contributed by atoms with E-state index in [0.29, 0.717) is 11.1 Å². The van der Waals surface area contributed by atoms with Gasteiger partial charge in [-0.25, -0.2) is 4.99 Å². The van der Waals surface area contributed by atoms with Crippen LogP contribution in [0.2, 0.25) is 0 Å². The summed E-state index contributed by atoms with van der Waals surface area (Å²) in [6.07, 6.45) is 6.10. The Morgan fingerprint density at radius 3 is 3.11 bits per heavy atom. The largest absolute Gasteiger partial charge is 0.249 e. The molecular weight excluding hydrogens is 134 g/mol. The van der Waals surface area contributed by atoms with Crippen LogP contribution >= 0.6 is 11.6 Å². The van der Waals surface area contributed by atoms with E-state index in [9.17, 15) is 0 Å². The third-order valence-corrected chi connectivity index (χ3v) is 1.74. The molecule has 0 amide bonds. The van der Waals surface area contributed by atoms with Crippen LogP contribution in [-0.4, -0.2) is 6.21 Å². The summed E-state index contributed by atoms with van der Waals surface area (Å²) in [5.74, 6) is 0.620. The Bertz CT molecular complexity index is 149. The lowest BCUT2D eigenvalue weighted by Gasteiger charge is -2.09. The molecule has 0 aromatic carbocycles. The van der Waals surface area contributed by atoms with Crippen molar-refractivity contribution in [3.05, 3.63) is 11.2 Å². The molecule has 0 fully saturated rings. The zero-order valence-electron chi connectivity index (χ0n) is 5.47. The van der Waals surface area contributed by atoms with E-state index in [1.54, 1.807) is 0 Å². The van der Waals surface area contributed by atoms with Crippen LogP contribution in [0.4, 0.5) is 0 Å². The zero-order chi connectivity index (χ0) is 6.69. The van der Waals surface area contributed by atoms with E-state index in [1.165, 1.54) is 0 Å². The average Bonchev–Trinajstić information content (AvgIpc) is 1.88. The molecule has 1 nitrogen and oxygen atoms in total. The Morgan fingerprint density at radius 1 is 1.89 bits per heavy atom. The van der Waals surface area contributed by atoms with Crippen molar-refractivity contribution in [1.82, 2.24) is 0 Å². The van der Waals surface area contributed by atoms with Crippen LogP contribution in [0.3, 0.4) is 0 Å². The lowest BCUT2D eigenvalue weighted by molar-refractivity contribution is 0.651. The van der Waals surface area contributed by atoms with Crippen molar-refractivity contribution >= 4 is 17.8 Å². The van der Waals surface area contributed by atoms with Crippen molar-refractivity contribution in [2.75, 3.05) is 0 Å². The van der Waals surface area contributed by atoms with Crippen molar-refractivity contribution in [3.63, 3.8) is 0 Å². The van der Waals surface area contributed by atoms with Crippen LogP contribution in [0.15, 0.2) is 16.2 Å². The minimum absolute atomic E-state index is 0.620. The van der Waals surface area contributed by atoms with E-state index >= 15 is 0 Å². The summed E-state index contributed by atoms with van der Waals surface area (Å²) in [5, 5.41) is 0.646. The number of rotatable bonds is 1. The topological polar surface area (TPSA) is 12.4 Å². The summed E-state index contributed by atoms with van der Waals surface area (Å²) in [7, 11) is 0. The van der Waals surface area contributed by atoms with E-state index in [1.807, 2.05) is 12.3 Å². The van der Waals surface area contributed by atoms with E-state index in [4.69, 9.17) is 11.6 Å². The van der Waals surface area contributed by atoms with E-state index in [0.717, 1.165) is 12.8 Å². The Balaban J connectivity index is 2.55. The molecule has 1 heterocycles. The van der Waals surface area contributed by atoms with Crippen molar-refractivity contribution in [3.8, 4) is 0 Å². The molecule has 1 aliphatic rings. The van der Waals surface area contributed by atoms with Gasteiger partial charge in [0.25, 0.3) is 0 Å². The minimum Gasteiger partial charge on any atom is -0.249 e. The fraction of sp³-hybridized carbons (Fsp3) is 0.571. The molecule has 2 heteroatoms. The minimum atomic E-state index is 0.620. The molecule has 1 atom stereocenters. The van der Waals surface area contributed by atoms with Gasteiger partial charge in [0.1, 0.15) is 5.16 Å². The average molecular weight is 144 g/mol. The summed E-state index contributed by atoms with van der Waals surface area (Å²) in [4.78, 5) is 3.93. The van der Waals surface area contributed by atoms with Gasteiger partial charge in [0.15, 0.2) is 0 Å². The standard InChI is InChI=1S/C7H10ClN/c1-2-6-3-4-9-7(8)5-6/h4-6H,2-3H2,1H3. The van der Waals surface area contributed by atoms with Gasteiger partial charge in [-0.1, -0.05) is 18.5 Å². The van der Waals surface area contributed by atoms with Gasteiger partial charge in [0.2, 0.25) is 0 Å².